The van der Waals surface area contributed by atoms with E-state index in [1.54, 1.807) is 13.2 Å². The van der Waals surface area contributed by atoms with Gasteiger partial charge in [0, 0.05) is 17.3 Å². The number of nitrogens with zero attached hydrogens (tertiary/aromatic N) is 2. The summed E-state index contributed by atoms with van der Waals surface area (Å²) in [5, 5.41) is 12.1. The number of benzene rings is 2. The molecule has 0 aliphatic carbocycles. The SMILES string of the molecule is COc1cccc(NC(=O)CSc2ccc(-c3ccc(C)c(C)c3)nn2)c1. The Morgan fingerprint density at radius 2 is 1.89 bits per heavy atom. The van der Waals surface area contributed by atoms with Gasteiger partial charge in [0.1, 0.15) is 10.8 Å². The molecule has 0 fully saturated rings. The first-order chi connectivity index (χ1) is 13.0. The quantitative estimate of drug-likeness (QED) is 0.639. The number of rotatable bonds is 6. The summed E-state index contributed by atoms with van der Waals surface area (Å²) in [6, 6.07) is 17.3. The Balaban J connectivity index is 1.58. The topological polar surface area (TPSA) is 64.1 Å². The Morgan fingerprint density at radius 3 is 2.59 bits per heavy atom. The highest BCUT2D eigenvalue weighted by molar-refractivity contribution is 7.99. The molecule has 2 aromatic carbocycles. The zero-order valence-electron chi connectivity index (χ0n) is 15.5. The van der Waals surface area contributed by atoms with Crippen molar-refractivity contribution in [2.24, 2.45) is 0 Å². The first-order valence-corrected chi connectivity index (χ1v) is 9.52. The summed E-state index contributed by atoms with van der Waals surface area (Å²) in [6.45, 7) is 4.17. The van der Waals surface area contributed by atoms with E-state index < -0.39 is 0 Å². The number of ether oxygens (including phenoxy) is 1. The predicted octanol–water partition coefficient (Wildman–Crippen LogP) is 4.50. The van der Waals surface area contributed by atoms with Crippen LogP contribution in [0.15, 0.2) is 59.6 Å². The van der Waals surface area contributed by atoms with Crippen molar-refractivity contribution in [1.29, 1.82) is 0 Å². The van der Waals surface area contributed by atoms with E-state index in [0.717, 1.165) is 11.3 Å². The van der Waals surface area contributed by atoms with Crippen molar-refractivity contribution >= 4 is 23.4 Å². The molecule has 0 spiro atoms. The zero-order valence-corrected chi connectivity index (χ0v) is 16.3. The van der Waals surface area contributed by atoms with Crippen LogP contribution in [0.3, 0.4) is 0 Å². The summed E-state index contributed by atoms with van der Waals surface area (Å²) in [5.41, 5.74) is 5.04. The highest BCUT2D eigenvalue weighted by Crippen LogP contribution is 2.22. The molecule has 0 aliphatic heterocycles. The van der Waals surface area contributed by atoms with Gasteiger partial charge >= 0.3 is 0 Å². The smallest absolute Gasteiger partial charge is 0.234 e. The van der Waals surface area contributed by atoms with Crippen molar-refractivity contribution in [3.63, 3.8) is 0 Å². The largest absolute Gasteiger partial charge is 0.497 e. The maximum absolute atomic E-state index is 12.1. The number of carbonyl (C=O) groups is 1. The van der Waals surface area contributed by atoms with Crippen LogP contribution >= 0.6 is 11.8 Å². The normalized spacial score (nSPS) is 10.5. The van der Waals surface area contributed by atoms with E-state index >= 15 is 0 Å². The van der Waals surface area contributed by atoms with Gasteiger partial charge in [-0.1, -0.05) is 30.0 Å². The molecule has 0 unspecified atom stereocenters. The highest BCUT2D eigenvalue weighted by Gasteiger charge is 2.07. The summed E-state index contributed by atoms with van der Waals surface area (Å²) in [4.78, 5) is 12.1. The van der Waals surface area contributed by atoms with E-state index in [-0.39, 0.29) is 11.7 Å². The second-order valence-corrected chi connectivity index (χ2v) is 7.12. The number of nitrogens with one attached hydrogen (secondary N) is 1. The molecular weight excluding hydrogens is 358 g/mol. The number of thioether (sulfide) groups is 1. The van der Waals surface area contributed by atoms with E-state index in [9.17, 15) is 4.79 Å². The van der Waals surface area contributed by atoms with Gasteiger partial charge < -0.3 is 10.1 Å². The van der Waals surface area contributed by atoms with Crippen LogP contribution in [0.4, 0.5) is 5.69 Å². The summed E-state index contributed by atoms with van der Waals surface area (Å²) in [6.07, 6.45) is 0. The molecule has 5 nitrogen and oxygen atoms in total. The first kappa shape index (κ1) is 18.9. The molecule has 3 rings (SSSR count). The Hall–Kier alpha value is -2.86. The lowest BCUT2D eigenvalue weighted by atomic mass is 10.0. The van der Waals surface area contributed by atoms with Gasteiger partial charge in [0.15, 0.2) is 0 Å². The maximum Gasteiger partial charge on any atom is 0.234 e. The molecular formula is C21H21N3O2S. The first-order valence-electron chi connectivity index (χ1n) is 8.53. The summed E-state index contributed by atoms with van der Waals surface area (Å²) in [5.74, 6) is 0.857. The third-order valence-corrected chi connectivity index (χ3v) is 5.07. The fourth-order valence-electron chi connectivity index (χ4n) is 2.49. The van der Waals surface area contributed by atoms with Crippen LogP contribution in [-0.2, 0) is 4.79 Å². The Labute approximate surface area is 163 Å². The zero-order chi connectivity index (χ0) is 19.2. The van der Waals surface area contributed by atoms with Gasteiger partial charge in [0.25, 0.3) is 0 Å². The molecule has 27 heavy (non-hydrogen) atoms. The van der Waals surface area contributed by atoms with Crippen LogP contribution in [0.5, 0.6) is 5.75 Å². The fraction of sp³-hybridized carbons (Fsp3) is 0.190. The van der Waals surface area contributed by atoms with E-state index in [2.05, 4.69) is 41.5 Å². The summed E-state index contributed by atoms with van der Waals surface area (Å²) >= 11 is 1.35. The van der Waals surface area contributed by atoms with E-state index in [4.69, 9.17) is 4.74 Å². The van der Waals surface area contributed by atoms with Crippen molar-refractivity contribution in [1.82, 2.24) is 10.2 Å². The fourth-order valence-corrected chi connectivity index (χ4v) is 3.10. The molecule has 0 bridgehead atoms. The van der Waals surface area contributed by atoms with Gasteiger partial charge in [-0.2, -0.15) is 0 Å². The van der Waals surface area contributed by atoms with Gasteiger partial charge in [-0.15, -0.1) is 10.2 Å². The van der Waals surface area contributed by atoms with Crippen molar-refractivity contribution < 1.29 is 9.53 Å². The number of aryl methyl sites for hydroxylation is 2. The Morgan fingerprint density at radius 1 is 1.04 bits per heavy atom. The monoisotopic (exact) mass is 379 g/mol. The minimum Gasteiger partial charge on any atom is -0.497 e. The van der Waals surface area contributed by atoms with Gasteiger partial charge in [-0.3, -0.25) is 4.79 Å². The van der Waals surface area contributed by atoms with Gasteiger partial charge in [0.2, 0.25) is 5.91 Å². The minimum absolute atomic E-state index is 0.103. The van der Waals surface area contributed by atoms with Crippen molar-refractivity contribution in [3.05, 3.63) is 65.7 Å². The van der Waals surface area contributed by atoms with Gasteiger partial charge in [-0.25, -0.2) is 0 Å². The predicted molar refractivity (Wildman–Crippen MR) is 109 cm³/mol. The molecule has 6 heteroatoms. The maximum atomic E-state index is 12.1. The second-order valence-electron chi connectivity index (χ2n) is 6.12. The molecule has 138 valence electrons. The molecule has 1 amide bonds. The van der Waals surface area contributed by atoms with Gasteiger partial charge in [-0.05, 0) is 55.3 Å². The van der Waals surface area contributed by atoms with E-state index in [1.807, 2.05) is 36.4 Å². The standard InChI is InChI=1S/C21H21N3O2S/c1-14-7-8-16(11-15(14)2)19-9-10-21(24-23-19)27-13-20(25)22-17-5-4-6-18(12-17)26-3/h4-12H,13H2,1-3H3,(H,22,25). The molecule has 3 aromatic rings. The lowest BCUT2D eigenvalue weighted by Gasteiger charge is -2.07. The number of hydrogen-bond acceptors (Lipinski definition) is 5. The minimum atomic E-state index is -0.103. The average molecular weight is 379 g/mol. The molecule has 0 saturated heterocycles. The average Bonchev–Trinajstić information content (AvgIpc) is 2.69. The molecule has 0 aliphatic rings. The van der Waals surface area contributed by atoms with Crippen LogP contribution in [0.25, 0.3) is 11.3 Å². The van der Waals surface area contributed by atoms with Crippen molar-refractivity contribution in [3.8, 4) is 17.0 Å². The lowest BCUT2D eigenvalue weighted by molar-refractivity contribution is -0.113. The van der Waals surface area contributed by atoms with Gasteiger partial charge in [0.05, 0.1) is 18.6 Å². The molecule has 0 radical (unpaired) electrons. The van der Waals surface area contributed by atoms with Crippen LogP contribution in [0.2, 0.25) is 0 Å². The summed E-state index contributed by atoms with van der Waals surface area (Å²) < 4.78 is 5.15. The number of methoxy groups -OCH3 is 1. The van der Waals surface area contributed by atoms with Crippen molar-refractivity contribution in [2.45, 2.75) is 18.9 Å². The Kier molecular flexibility index (Phi) is 6.08. The van der Waals surface area contributed by atoms with Crippen LogP contribution in [0.1, 0.15) is 11.1 Å². The number of anilines is 1. The number of carbonyl (C=O) groups excluding carboxylic acids is 1. The summed E-state index contributed by atoms with van der Waals surface area (Å²) in [7, 11) is 1.59. The number of amides is 1. The third kappa shape index (κ3) is 5.08. The molecule has 0 atom stereocenters. The highest BCUT2D eigenvalue weighted by atomic mass is 32.2. The lowest BCUT2D eigenvalue weighted by Crippen LogP contribution is -2.14. The Bertz CT molecular complexity index is 942. The molecule has 1 heterocycles. The van der Waals surface area contributed by atoms with Crippen LogP contribution < -0.4 is 10.1 Å². The molecule has 1 aromatic heterocycles. The van der Waals surface area contributed by atoms with Crippen LogP contribution in [0, 0.1) is 13.8 Å². The van der Waals surface area contributed by atoms with E-state index in [0.29, 0.717) is 16.5 Å². The van der Waals surface area contributed by atoms with Crippen LogP contribution in [-0.4, -0.2) is 29.0 Å². The van der Waals surface area contributed by atoms with Crippen molar-refractivity contribution in [2.75, 3.05) is 18.2 Å². The van der Waals surface area contributed by atoms with E-state index in [1.165, 1.54) is 22.9 Å². The number of aromatic nitrogens is 2. The second kappa shape index (κ2) is 8.68. The molecule has 0 saturated carbocycles. The number of hydrogen-bond donors (Lipinski definition) is 1. The third-order valence-electron chi connectivity index (χ3n) is 4.15. The molecule has 1 N–H and O–H groups in total.